The van der Waals surface area contributed by atoms with Gasteiger partial charge in [-0.25, -0.2) is 0 Å². The molecule has 0 rings (SSSR count). The fraction of sp³-hybridized carbons (Fsp3) is 1.00. The van der Waals surface area contributed by atoms with E-state index in [2.05, 4.69) is 34.9 Å². The van der Waals surface area contributed by atoms with E-state index in [1.54, 1.807) is 4.90 Å². The van der Waals surface area contributed by atoms with Crippen LogP contribution in [-0.2, 0) is 0 Å². The molecule has 62 valence electrons. The molecule has 1 heteroatoms. The first-order valence-corrected chi connectivity index (χ1v) is 4.21. The third kappa shape index (κ3) is 7.96. The molecule has 0 aliphatic heterocycles. The Hall–Kier alpha value is -0.0400. The predicted molar refractivity (Wildman–Crippen MR) is 46.4 cm³/mol. The van der Waals surface area contributed by atoms with Crippen LogP contribution in [0.3, 0.4) is 0 Å². The predicted octanol–water partition coefficient (Wildman–Crippen LogP) is 0.957. The lowest BCUT2D eigenvalue weighted by Gasteiger charge is -2.18. The van der Waals surface area contributed by atoms with Gasteiger partial charge in [-0.15, -0.1) is 0 Å². The zero-order valence-corrected chi connectivity index (χ0v) is 8.12. The standard InChI is InChI=1S/C9H21N/c1-9(2,3)7-6-8-10(4)5/h6-8H2,1-5H3/p+1. The van der Waals surface area contributed by atoms with E-state index < -0.39 is 0 Å². The average Bonchev–Trinajstić information content (AvgIpc) is 1.59. The Balaban J connectivity index is 3.21. The first kappa shape index (κ1) is 9.96. The minimum Gasteiger partial charge on any atom is -0.340 e. The third-order valence-electron chi connectivity index (χ3n) is 1.60. The lowest BCUT2D eigenvalue weighted by atomic mass is 9.90. The van der Waals surface area contributed by atoms with Gasteiger partial charge in [0, 0.05) is 0 Å². The SMILES string of the molecule is C[NH+](C)CCCC(C)(C)C. The van der Waals surface area contributed by atoms with Crippen molar-refractivity contribution in [3.05, 3.63) is 0 Å². The fourth-order valence-corrected chi connectivity index (χ4v) is 0.972. The molecule has 0 saturated carbocycles. The van der Waals surface area contributed by atoms with E-state index in [1.165, 1.54) is 19.4 Å². The quantitative estimate of drug-likeness (QED) is 0.602. The van der Waals surface area contributed by atoms with Crippen LogP contribution in [0.15, 0.2) is 0 Å². The highest BCUT2D eigenvalue weighted by Crippen LogP contribution is 2.19. The van der Waals surface area contributed by atoms with E-state index in [0.717, 1.165) is 0 Å². The number of quaternary nitrogens is 1. The van der Waals surface area contributed by atoms with Gasteiger partial charge >= 0.3 is 0 Å². The van der Waals surface area contributed by atoms with E-state index in [0.29, 0.717) is 5.41 Å². The van der Waals surface area contributed by atoms with Crippen molar-refractivity contribution in [1.82, 2.24) is 0 Å². The van der Waals surface area contributed by atoms with Crippen LogP contribution in [0.2, 0.25) is 0 Å². The van der Waals surface area contributed by atoms with Crippen molar-refractivity contribution >= 4 is 0 Å². The topological polar surface area (TPSA) is 4.44 Å². The molecule has 0 fully saturated rings. The van der Waals surface area contributed by atoms with Gasteiger partial charge in [-0.1, -0.05) is 20.8 Å². The normalized spacial score (nSPS) is 12.6. The van der Waals surface area contributed by atoms with Gasteiger partial charge in [-0.2, -0.15) is 0 Å². The summed E-state index contributed by atoms with van der Waals surface area (Å²) in [5, 5.41) is 0. The van der Waals surface area contributed by atoms with E-state index >= 15 is 0 Å². The van der Waals surface area contributed by atoms with E-state index in [9.17, 15) is 0 Å². The van der Waals surface area contributed by atoms with Crippen molar-refractivity contribution in [2.24, 2.45) is 5.41 Å². The van der Waals surface area contributed by atoms with Crippen LogP contribution in [0, 0.1) is 5.41 Å². The lowest BCUT2D eigenvalue weighted by Crippen LogP contribution is -3.05. The molecule has 0 radical (unpaired) electrons. The maximum Gasteiger partial charge on any atom is 0.0767 e. The number of rotatable bonds is 3. The number of nitrogens with one attached hydrogen (secondary N) is 1. The Morgan fingerprint density at radius 3 is 1.90 bits per heavy atom. The summed E-state index contributed by atoms with van der Waals surface area (Å²) < 4.78 is 0. The summed E-state index contributed by atoms with van der Waals surface area (Å²) in [4.78, 5) is 1.56. The summed E-state index contributed by atoms with van der Waals surface area (Å²) >= 11 is 0. The van der Waals surface area contributed by atoms with E-state index in [1.807, 2.05) is 0 Å². The molecule has 0 spiro atoms. The second kappa shape index (κ2) is 3.97. The van der Waals surface area contributed by atoms with Crippen LogP contribution in [0.5, 0.6) is 0 Å². The summed E-state index contributed by atoms with van der Waals surface area (Å²) in [5.41, 5.74) is 0.523. The minimum atomic E-state index is 0.523. The maximum absolute atomic E-state index is 2.30. The highest BCUT2D eigenvalue weighted by Gasteiger charge is 2.09. The Morgan fingerprint density at radius 1 is 1.10 bits per heavy atom. The second-order valence-electron chi connectivity index (χ2n) is 4.62. The summed E-state index contributed by atoms with van der Waals surface area (Å²) in [6.45, 7) is 8.21. The Labute approximate surface area is 65.4 Å². The molecular weight excluding hydrogens is 122 g/mol. The molecule has 0 aliphatic carbocycles. The van der Waals surface area contributed by atoms with E-state index in [4.69, 9.17) is 0 Å². The molecular formula is C9H22N+. The molecule has 0 aliphatic rings. The molecule has 0 saturated heterocycles. The van der Waals surface area contributed by atoms with Gasteiger partial charge in [0.05, 0.1) is 20.6 Å². The van der Waals surface area contributed by atoms with Crippen LogP contribution in [0.1, 0.15) is 33.6 Å². The van der Waals surface area contributed by atoms with Gasteiger partial charge in [0.15, 0.2) is 0 Å². The van der Waals surface area contributed by atoms with Gasteiger partial charge < -0.3 is 4.90 Å². The summed E-state index contributed by atoms with van der Waals surface area (Å²) in [6, 6.07) is 0. The maximum atomic E-state index is 2.30. The molecule has 0 aromatic carbocycles. The highest BCUT2D eigenvalue weighted by molar-refractivity contribution is 4.59. The molecule has 0 aromatic heterocycles. The summed E-state index contributed by atoms with van der Waals surface area (Å²) in [5.74, 6) is 0. The Kier molecular flexibility index (Phi) is 3.95. The zero-order valence-electron chi connectivity index (χ0n) is 8.12. The molecule has 0 bridgehead atoms. The highest BCUT2D eigenvalue weighted by atomic mass is 15.0. The largest absolute Gasteiger partial charge is 0.340 e. The molecule has 10 heavy (non-hydrogen) atoms. The minimum absolute atomic E-state index is 0.523. The molecule has 0 amide bonds. The number of hydrogen-bond acceptors (Lipinski definition) is 0. The van der Waals surface area contributed by atoms with Gasteiger partial charge in [0.1, 0.15) is 0 Å². The van der Waals surface area contributed by atoms with E-state index in [-0.39, 0.29) is 0 Å². The van der Waals surface area contributed by atoms with Crippen molar-refractivity contribution in [2.75, 3.05) is 20.6 Å². The summed E-state index contributed by atoms with van der Waals surface area (Å²) in [7, 11) is 4.42. The van der Waals surface area contributed by atoms with Crippen molar-refractivity contribution in [1.29, 1.82) is 0 Å². The van der Waals surface area contributed by atoms with Crippen molar-refractivity contribution in [3.8, 4) is 0 Å². The number of hydrogen-bond donors (Lipinski definition) is 1. The Bertz CT molecular complexity index is 79.2. The van der Waals surface area contributed by atoms with Crippen molar-refractivity contribution in [3.63, 3.8) is 0 Å². The summed E-state index contributed by atoms with van der Waals surface area (Å²) in [6.07, 6.45) is 2.70. The zero-order chi connectivity index (χ0) is 8.20. The molecule has 0 aromatic rings. The second-order valence-corrected chi connectivity index (χ2v) is 4.62. The van der Waals surface area contributed by atoms with Crippen molar-refractivity contribution in [2.45, 2.75) is 33.6 Å². The Morgan fingerprint density at radius 2 is 1.60 bits per heavy atom. The van der Waals surface area contributed by atoms with Crippen molar-refractivity contribution < 1.29 is 4.90 Å². The van der Waals surface area contributed by atoms with Crippen LogP contribution in [0.25, 0.3) is 0 Å². The molecule has 1 nitrogen and oxygen atoms in total. The smallest absolute Gasteiger partial charge is 0.0767 e. The van der Waals surface area contributed by atoms with Gasteiger partial charge in [0.25, 0.3) is 0 Å². The lowest BCUT2D eigenvalue weighted by molar-refractivity contribution is -0.858. The van der Waals surface area contributed by atoms with Gasteiger partial charge in [-0.3, -0.25) is 0 Å². The van der Waals surface area contributed by atoms with Crippen LogP contribution < -0.4 is 4.90 Å². The molecule has 0 heterocycles. The average molecular weight is 144 g/mol. The third-order valence-corrected chi connectivity index (χ3v) is 1.60. The molecule has 1 N–H and O–H groups in total. The van der Waals surface area contributed by atoms with Crippen LogP contribution in [0.4, 0.5) is 0 Å². The van der Waals surface area contributed by atoms with Crippen LogP contribution >= 0.6 is 0 Å². The molecule has 0 atom stereocenters. The first-order chi connectivity index (χ1) is 4.42. The first-order valence-electron chi connectivity index (χ1n) is 4.21. The van der Waals surface area contributed by atoms with Crippen LogP contribution in [-0.4, -0.2) is 20.6 Å². The van der Waals surface area contributed by atoms with Gasteiger partial charge in [-0.05, 0) is 18.3 Å². The van der Waals surface area contributed by atoms with Gasteiger partial charge in [0.2, 0.25) is 0 Å². The molecule has 0 unspecified atom stereocenters. The fourth-order valence-electron chi connectivity index (χ4n) is 0.972. The monoisotopic (exact) mass is 144 g/mol.